The number of anilines is 1. The molecule has 1 aliphatic rings. The minimum atomic E-state index is 0.843. The van der Waals surface area contributed by atoms with Crippen LogP contribution in [0.1, 0.15) is 0 Å². The number of aromatic amines is 1. The fourth-order valence-corrected chi connectivity index (χ4v) is 2.04. The molecule has 0 atom stereocenters. The lowest BCUT2D eigenvalue weighted by Crippen LogP contribution is -2.44. The Morgan fingerprint density at radius 3 is 2.88 bits per heavy atom. The van der Waals surface area contributed by atoms with E-state index in [1.807, 2.05) is 18.5 Å². The van der Waals surface area contributed by atoms with Crippen molar-refractivity contribution in [1.29, 1.82) is 0 Å². The highest BCUT2D eigenvalue weighted by atomic mass is 15.3. The largest absolute Gasteiger partial charge is 0.367 e. The molecule has 1 aliphatic heterocycles. The van der Waals surface area contributed by atoms with Crippen LogP contribution < -0.4 is 10.2 Å². The van der Waals surface area contributed by atoms with Gasteiger partial charge in [-0.1, -0.05) is 0 Å². The second-order valence-electron chi connectivity index (χ2n) is 3.97. The smallest absolute Gasteiger partial charge is 0.159 e. The Kier molecular flexibility index (Phi) is 2.71. The number of hydrogen-bond acceptors (Lipinski definition) is 5. The molecule has 88 valence electrons. The maximum absolute atomic E-state index is 4.37. The molecule has 2 aromatic rings. The average Bonchev–Trinajstić information content (AvgIpc) is 2.94. The van der Waals surface area contributed by atoms with E-state index in [0.29, 0.717) is 0 Å². The topological polar surface area (TPSA) is 69.7 Å². The zero-order chi connectivity index (χ0) is 11.5. The molecule has 6 heteroatoms. The van der Waals surface area contributed by atoms with Crippen LogP contribution in [0.15, 0.2) is 24.8 Å². The predicted molar refractivity (Wildman–Crippen MR) is 64.7 cm³/mol. The van der Waals surface area contributed by atoms with E-state index in [4.69, 9.17) is 0 Å². The summed E-state index contributed by atoms with van der Waals surface area (Å²) >= 11 is 0. The van der Waals surface area contributed by atoms with Crippen LogP contribution in [0, 0.1) is 0 Å². The van der Waals surface area contributed by atoms with Gasteiger partial charge in [-0.15, -0.1) is 10.2 Å². The van der Waals surface area contributed by atoms with Gasteiger partial charge in [-0.3, -0.25) is 0 Å². The van der Waals surface area contributed by atoms with Gasteiger partial charge >= 0.3 is 0 Å². The van der Waals surface area contributed by atoms with Gasteiger partial charge in [-0.05, 0) is 6.07 Å². The Bertz CT molecular complexity index is 474. The minimum Gasteiger partial charge on any atom is -0.367 e. The fourth-order valence-electron chi connectivity index (χ4n) is 2.04. The standard InChI is InChI=1S/C11H14N6/c1-2-13-7-9(1)10-11(14-8-15-16-10)17-5-3-12-4-6-17/h1-2,7-8,12-13H,3-6H2. The first-order valence-electron chi connectivity index (χ1n) is 5.71. The van der Waals surface area contributed by atoms with Crippen molar-refractivity contribution in [1.82, 2.24) is 25.5 Å². The Balaban J connectivity index is 1.98. The molecule has 3 rings (SSSR count). The van der Waals surface area contributed by atoms with E-state index in [1.54, 1.807) is 0 Å². The summed E-state index contributed by atoms with van der Waals surface area (Å²) in [5, 5.41) is 11.4. The molecular weight excluding hydrogens is 216 g/mol. The monoisotopic (exact) mass is 230 g/mol. The summed E-state index contributed by atoms with van der Waals surface area (Å²) in [6, 6.07) is 1.98. The van der Waals surface area contributed by atoms with Gasteiger partial charge in [0.1, 0.15) is 12.0 Å². The summed E-state index contributed by atoms with van der Waals surface area (Å²) < 4.78 is 0. The van der Waals surface area contributed by atoms with Gasteiger partial charge in [0, 0.05) is 44.1 Å². The third kappa shape index (κ3) is 1.99. The second kappa shape index (κ2) is 4.50. The molecule has 0 bridgehead atoms. The van der Waals surface area contributed by atoms with Gasteiger partial charge in [-0.25, -0.2) is 4.98 Å². The molecule has 2 N–H and O–H groups in total. The number of aromatic nitrogens is 4. The number of rotatable bonds is 2. The lowest BCUT2D eigenvalue weighted by Gasteiger charge is -2.29. The summed E-state index contributed by atoms with van der Waals surface area (Å²) in [6.07, 6.45) is 5.30. The molecule has 0 saturated carbocycles. The quantitative estimate of drug-likeness (QED) is 0.775. The van der Waals surface area contributed by atoms with Crippen LogP contribution in [0.3, 0.4) is 0 Å². The van der Waals surface area contributed by atoms with E-state index in [-0.39, 0.29) is 0 Å². The van der Waals surface area contributed by atoms with Crippen molar-refractivity contribution in [3.05, 3.63) is 24.8 Å². The molecule has 2 aromatic heterocycles. The maximum Gasteiger partial charge on any atom is 0.159 e. The molecule has 0 radical (unpaired) electrons. The van der Waals surface area contributed by atoms with Gasteiger partial charge in [0.25, 0.3) is 0 Å². The number of nitrogens with one attached hydrogen (secondary N) is 2. The van der Waals surface area contributed by atoms with E-state index in [9.17, 15) is 0 Å². The van der Waals surface area contributed by atoms with Gasteiger partial charge in [0.2, 0.25) is 0 Å². The predicted octanol–water partition coefficient (Wildman–Crippen LogP) is 0.276. The molecule has 0 aliphatic carbocycles. The number of piperazine rings is 1. The molecule has 0 spiro atoms. The van der Waals surface area contributed by atoms with Gasteiger partial charge in [0.15, 0.2) is 5.82 Å². The van der Waals surface area contributed by atoms with Crippen molar-refractivity contribution in [2.24, 2.45) is 0 Å². The minimum absolute atomic E-state index is 0.843. The van der Waals surface area contributed by atoms with E-state index in [0.717, 1.165) is 43.3 Å². The number of hydrogen-bond donors (Lipinski definition) is 2. The van der Waals surface area contributed by atoms with E-state index in [1.165, 1.54) is 6.33 Å². The van der Waals surface area contributed by atoms with Gasteiger partial charge in [-0.2, -0.15) is 0 Å². The summed E-state index contributed by atoms with van der Waals surface area (Å²) in [5.74, 6) is 0.918. The number of nitrogens with zero attached hydrogens (tertiary/aromatic N) is 4. The van der Waals surface area contributed by atoms with E-state index < -0.39 is 0 Å². The Hall–Kier alpha value is -1.95. The summed E-state index contributed by atoms with van der Waals surface area (Å²) in [5.41, 5.74) is 1.87. The van der Waals surface area contributed by atoms with Crippen LogP contribution in [0.5, 0.6) is 0 Å². The first-order chi connectivity index (χ1) is 8.45. The molecular formula is C11H14N6. The van der Waals surface area contributed by atoms with Crippen molar-refractivity contribution < 1.29 is 0 Å². The third-order valence-electron chi connectivity index (χ3n) is 2.89. The highest BCUT2D eigenvalue weighted by Crippen LogP contribution is 2.25. The molecule has 6 nitrogen and oxygen atoms in total. The highest BCUT2D eigenvalue weighted by molar-refractivity contribution is 5.71. The van der Waals surface area contributed by atoms with Crippen molar-refractivity contribution in [3.63, 3.8) is 0 Å². The maximum atomic E-state index is 4.37. The highest BCUT2D eigenvalue weighted by Gasteiger charge is 2.17. The Morgan fingerprint density at radius 2 is 2.12 bits per heavy atom. The van der Waals surface area contributed by atoms with Gasteiger partial charge < -0.3 is 15.2 Å². The average molecular weight is 230 g/mol. The van der Waals surface area contributed by atoms with Crippen LogP contribution in [0.2, 0.25) is 0 Å². The summed E-state index contributed by atoms with van der Waals surface area (Å²) in [4.78, 5) is 9.64. The van der Waals surface area contributed by atoms with Crippen LogP contribution in [-0.2, 0) is 0 Å². The lowest BCUT2D eigenvalue weighted by atomic mass is 10.2. The third-order valence-corrected chi connectivity index (χ3v) is 2.89. The SMILES string of the molecule is c1nnc(-c2cc[nH]c2)c(N2CCNCC2)n1. The van der Waals surface area contributed by atoms with Crippen LogP contribution in [-0.4, -0.2) is 46.3 Å². The first kappa shape index (κ1) is 10.2. The second-order valence-corrected chi connectivity index (χ2v) is 3.97. The van der Waals surface area contributed by atoms with Crippen molar-refractivity contribution >= 4 is 5.82 Å². The Labute approximate surface area is 99.1 Å². The molecule has 0 amide bonds. The molecule has 0 unspecified atom stereocenters. The van der Waals surface area contributed by atoms with Crippen molar-refractivity contribution in [3.8, 4) is 11.3 Å². The lowest BCUT2D eigenvalue weighted by molar-refractivity contribution is 0.583. The first-order valence-corrected chi connectivity index (χ1v) is 5.71. The van der Waals surface area contributed by atoms with Crippen LogP contribution >= 0.6 is 0 Å². The normalized spacial score (nSPS) is 16.1. The van der Waals surface area contributed by atoms with Crippen molar-refractivity contribution in [2.45, 2.75) is 0 Å². The molecule has 1 saturated heterocycles. The zero-order valence-electron chi connectivity index (χ0n) is 9.43. The van der Waals surface area contributed by atoms with Crippen LogP contribution in [0.4, 0.5) is 5.82 Å². The molecule has 0 aromatic carbocycles. The summed E-state index contributed by atoms with van der Waals surface area (Å²) in [6.45, 7) is 3.87. The molecule has 1 fully saturated rings. The van der Waals surface area contributed by atoms with E-state index in [2.05, 4.69) is 30.4 Å². The number of H-pyrrole nitrogens is 1. The van der Waals surface area contributed by atoms with Crippen molar-refractivity contribution in [2.75, 3.05) is 31.1 Å². The fraction of sp³-hybridized carbons (Fsp3) is 0.364. The molecule has 3 heterocycles. The molecule has 17 heavy (non-hydrogen) atoms. The van der Waals surface area contributed by atoms with E-state index >= 15 is 0 Å². The zero-order valence-corrected chi connectivity index (χ0v) is 9.43. The van der Waals surface area contributed by atoms with Gasteiger partial charge in [0.05, 0.1) is 0 Å². The van der Waals surface area contributed by atoms with Crippen LogP contribution in [0.25, 0.3) is 11.3 Å². The Morgan fingerprint density at radius 1 is 1.24 bits per heavy atom. The summed E-state index contributed by atoms with van der Waals surface area (Å²) in [7, 11) is 0.